The summed E-state index contributed by atoms with van der Waals surface area (Å²) >= 11 is 0. The van der Waals surface area contributed by atoms with Gasteiger partial charge in [-0.05, 0) is 46.3 Å². The van der Waals surface area contributed by atoms with E-state index in [-0.39, 0.29) is 0 Å². The Morgan fingerprint density at radius 3 is 2.32 bits per heavy atom. The Bertz CT molecular complexity index is 777. The topological polar surface area (TPSA) is 23.5 Å². The van der Waals surface area contributed by atoms with E-state index in [1.54, 1.807) is 0 Å². The van der Waals surface area contributed by atoms with Gasteiger partial charge < -0.3 is 10.0 Å². The van der Waals surface area contributed by atoms with Gasteiger partial charge in [0.05, 0.1) is 6.10 Å². The van der Waals surface area contributed by atoms with Crippen LogP contribution in [0.2, 0.25) is 0 Å². The van der Waals surface area contributed by atoms with E-state index >= 15 is 0 Å². The van der Waals surface area contributed by atoms with E-state index < -0.39 is 6.10 Å². The molecule has 0 unspecified atom stereocenters. The zero-order chi connectivity index (χ0) is 15.5. The van der Waals surface area contributed by atoms with Gasteiger partial charge in [-0.25, -0.2) is 0 Å². The Morgan fingerprint density at radius 1 is 0.864 bits per heavy atom. The first-order valence-electron chi connectivity index (χ1n) is 8.04. The zero-order valence-electron chi connectivity index (χ0n) is 13.3. The van der Waals surface area contributed by atoms with Gasteiger partial charge in [-0.2, -0.15) is 0 Å². The Kier molecular flexibility index (Phi) is 4.41. The van der Waals surface area contributed by atoms with E-state index in [0.29, 0.717) is 6.54 Å². The highest BCUT2D eigenvalue weighted by Gasteiger charge is 2.12. The molecule has 1 N–H and O–H groups in total. The number of hydrogen-bond donors (Lipinski definition) is 1. The fourth-order valence-electron chi connectivity index (χ4n) is 3.07. The predicted octanol–water partition coefficient (Wildman–Crippen LogP) is 4.37. The molecule has 3 rings (SSSR count). The van der Waals surface area contributed by atoms with Gasteiger partial charge in [-0.1, -0.05) is 62.4 Å². The Hall–Kier alpha value is -1.90. The molecule has 2 heteroatoms. The van der Waals surface area contributed by atoms with Crippen molar-refractivity contribution in [1.29, 1.82) is 0 Å². The van der Waals surface area contributed by atoms with Gasteiger partial charge >= 0.3 is 0 Å². The Morgan fingerprint density at radius 2 is 1.55 bits per heavy atom. The molecule has 0 aliphatic rings. The van der Waals surface area contributed by atoms with Crippen LogP contribution >= 0.6 is 0 Å². The average molecular weight is 293 g/mol. The number of nitrogens with zero attached hydrogens (tertiary/aromatic N) is 1. The number of aliphatic hydroxyl groups excluding tert-OH is 1. The molecule has 0 heterocycles. The third-order valence-corrected chi connectivity index (χ3v) is 4.48. The molecular formula is C20H23NO. The van der Waals surface area contributed by atoms with Gasteiger partial charge in [-0.15, -0.1) is 0 Å². The van der Waals surface area contributed by atoms with Crippen LogP contribution in [-0.2, 0) is 0 Å². The summed E-state index contributed by atoms with van der Waals surface area (Å²) in [4.78, 5) is 2.25. The lowest BCUT2D eigenvalue weighted by atomic mass is 9.98. The molecular weight excluding hydrogens is 270 g/mol. The summed E-state index contributed by atoms with van der Waals surface area (Å²) in [6, 6.07) is 19.0. The van der Waals surface area contributed by atoms with Crippen molar-refractivity contribution in [1.82, 2.24) is 4.90 Å². The first-order valence-corrected chi connectivity index (χ1v) is 8.04. The second kappa shape index (κ2) is 6.47. The van der Waals surface area contributed by atoms with Crippen LogP contribution in [-0.4, -0.2) is 29.6 Å². The largest absolute Gasteiger partial charge is 0.387 e. The first kappa shape index (κ1) is 15.0. The molecule has 0 aromatic heterocycles. The number of fused-ring (bicyclic) bond motifs is 3. The van der Waals surface area contributed by atoms with Gasteiger partial charge in [0.25, 0.3) is 0 Å². The molecule has 1 atom stereocenters. The van der Waals surface area contributed by atoms with Crippen molar-refractivity contribution in [2.75, 3.05) is 19.6 Å². The third-order valence-electron chi connectivity index (χ3n) is 4.48. The first-order chi connectivity index (χ1) is 10.7. The van der Waals surface area contributed by atoms with E-state index in [1.165, 1.54) is 21.5 Å². The van der Waals surface area contributed by atoms with E-state index in [9.17, 15) is 5.11 Å². The number of likely N-dealkylation sites (N-methyl/N-ethyl adjacent to an activating group) is 1. The van der Waals surface area contributed by atoms with Crippen LogP contribution in [0.5, 0.6) is 0 Å². The Balaban J connectivity index is 1.98. The molecule has 0 saturated heterocycles. The minimum atomic E-state index is -0.434. The van der Waals surface area contributed by atoms with Crippen LogP contribution in [0.1, 0.15) is 25.5 Å². The molecule has 3 aromatic carbocycles. The maximum absolute atomic E-state index is 10.5. The van der Waals surface area contributed by atoms with Crippen LogP contribution in [0, 0.1) is 0 Å². The van der Waals surface area contributed by atoms with Crippen molar-refractivity contribution in [3.63, 3.8) is 0 Å². The molecule has 3 aromatic rings. The van der Waals surface area contributed by atoms with Crippen LogP contribution in [0.15, 0.2) is 54.6 Å². The molecule has 0 saturated carbocycles. The highest BCUT2D eigenvalue weighted by atomic mass is 16.3. The molecule has 0 bridgehead atoms. The fourth-order valence-corrected chi connectivity index (χ4v) is 3.07. The van der Waals surface area contributed by atoms with Crippen molar-refractivity contribution in [3.8, 4) is 0 Å². The lowest BCUT2D eigenvalue weighted by molar-refractivity contribution is 0.119. The normalized spacial score (nSPS) is 13.1. The molecule has 114 valence electrons. The highest BCUT2D eigenvalue weighted by molar-refractivity contribution is 6.07. The number of benzene rings is 3. The standard InChI is InChI=1S/C20H23NO/c1-3-21(4-2)14-20(22)17-11-12-19-16(13-17)10-9-15-7-5-6-8-18(15)19/h5-13,20,22H,3-4,14H2,1-2H3/t20-/m0/s1. The lowest BCUT2D eigenvalue weighted by Crippen LogP contribution is -2.28. The molecule has 0 aliphatic heterocycles. The molecule has 22 heavy (non-hydrogen) atoms. The summed E-state index contributed by atoms with van der Waals surface area (Å²) in [5, 5.41) is 15.4. The zero-order valence-corrected chi connectivity index (χ0v) is 13.3. The van der Waals surface area contributed by atoms with Gasteiger partial charge in [0.1, 0.15) is 0 Å². The number of aliphatic hydroxyl groups is 1. The SMILES string of the molecule is CCN(CC)C[C@H](O)c1ccc2c(ccc3ccccc32)c1. The molecule has 0 fully saturated rings. The smallest absolute Gasteiger partial charge is 0.0917 e. The highest BCUT2D eigenvalue weighted by Crippen LogP contribution is 2.28. The third kappa shape index (κ3) is 2.85. The van der Waals surface area contributed by atoms with E-state index in [4.69, 9.17) is 0 Å². The maximum Gasteiger partial charge on any atom is 0.0917 e. The quantitative estimate of drug-likeness (QED) is 0.706. The number of hydrogen-bond acceptors (Lipinski definition) is 2. The summed E-state index contributed by atoms with van der Waals surface area (Å²) in [6.45, 7) is 6.87. The van der Waals surface area contributed by atoms with Crippen molar-refractivity contribution in [2.24, 2.45) is 0 Å². The second-order valence-corrected chi connectivity index (χ2v) is 5.77. The molecule has 0 amide bonds. The van der Waals surface area contributed by atoms with E-state index in [1.807, 2.05) is 0 Å². The molecule has 0 radical (unpaired) electrons. The second-order valence-electron chi connectivity index (χ2n) is 5.77. The van der Waals surface area contributed by atoms with Crippen molar-refractivity contribution in [2.45, 2.75) is 20.0 Å². The van der Waals surface area contributed by atoms with Crippen LogP contribution in [0.3, 0.4) is 0 Å². The molecule has 0 spiro atoms. The van der Waals surface area contributed by atoms with Gasteiger partial charge in [0.2, 0.25) is 0 Å². The summed E-state index contributed by atoms with van der Waals surface area (Å²) in [6.07, 6.45) is -0.434. The Labute approximate surface area is 132 Å². The summed E-state index contributed by atoms with van der Waals surface area (Å²) < 4.78 is 0. The van der Waals surface area contributed by atoms with Gasteiger partial charge in [0.15, 0.2) is 0 Å². The minimum Gasteiger partial charge on any atom is -0.387 e. The van der Waals surface area contributed by atoms with Crippen molar-refractivity contribution in [3.05, 3.63) is 60.2 Å². The number of rotatable bonds is 5. The summed E-state index contributed by atoms with van der Waals surface area (Å²) in [5.41, 5.74) is 0.995. The monoisotopic (exact) mass is 293 g/mol. The van der Waals surface area contributed by atoms with Crippen LogP contribution < -0.4 is 0 Å². The maximum atomic E-state index is 10.5. The van der Waals surface area contributed by atoms with Gasteiger partial charge in [-0.3, -0.25) is 0 Å². The van der Waals surface area contributed by atoms with Crippen molar-refractivity contribution >= 4 is 21.5 Å². The predicted molar refractivity (Wildman–Crippen MR) is 94.2 cm³/mol. The van der Waals surface area contributed by atoms with Crippen LogP contribution in [0.25, 0.3) is 21.5 Å². The molecule has 2 nitrogen and oxygen atoms in total. The molecule has 0 aliphatic carbocycles. The summed E-state index contributed by atoms with van der Waals surface area (Å²) in [7, 11) is 0. The van der Waals surface area contributed by atoms with Gasteiger partial charge in [0, 0.05) is 6.54 Å². The van der Waals surface area contributed by atoms with Crippen LogP contribution in [0.4, 0.5) is 0 Å². The van der Waals surface area contributed by atoms with E-state index in [0.717, 1.165) is 18.7 Å². The lowest BCUT2D eigenvalue weighted by Gasteiger charge is -2.22. The summed E-state index contributed by atoms with van der Waals surface area (Å²) in [5.74, 6) is 0. The fraction of sp³-hybridized carbons (Fsp3) is 0.300. The minimum absolute atomic E-state index is 0.434. The van der Waals surface area contributed by atoms with Crippen molar-refractivity contribution < 1.29 is 5.11 Å². The van der Waals surface area contributed by atoms with E-state index in [2.05, 4.69) is 73.3 Å². The average Bonchev–Trinajstić information content (AvgIpc) is 2.58.